The number of aliphatic hydroxyl groups is 1. The normalized spacial score (nSPS) is 19.9. The highest BCUT2D eigenvalue weighted by atomic mass is 32.2. The van der Waals surface area contributed by atoms with E-state index in [-0.39, 0.29) is 13.2 Å². The van der Waals surface area contributed by atoms with E-state index in [4.69, 9.17) is 9.47 Å². The van der Waals surface area contributed by atoms with E-state index in [1.165, 1.54) is 11.8 Å². The second-order valence-corrected chi connectivity index (χ2v) is 7.95. The maximum absolute atomic E-state index is 13.3. The molecule has 2 aromatic rings. The Morgan fingerprint density at radius 2 is 1.48 bits per heavy atom. The van der Waals surface area contributed by atoms with Gasteiger partial charge in [0.05, 0.1) is 18.5 Å². The van der Waals surface area contributed by atoms with Crippen molar-refractivity contribution in [2.24, 2.45) is 5.41 Å². The molecule has 5 nitrogen and oxygen atoms in total. The molecular weight excluding hydrogens is 388 g/mol. The van der Waals surface area contributed by atoms with Crippen LogP contribution in [0.1, 0.15) is 48.8 Å². The highest BCUT2D eigenvalue weighted by Gasteiger charge is 2.64. The summed E-state index contributed by atoms with van der Waals surface area (Å²) in [6.07, 6.45) is -0.653. The first-order valence-corrected chi connectivity index (χ1v) is 10.8. The third-order valence-electron chi connectivity index (χ3n) is 5.25. The molecular formula is C23H26O5S. The summed E-state index contributed by atoms with van der Waals surface area (Å²) < 4.78 is 10.7. The Bertz CT molecular complexity index is 876. The Balaban J connectivity index is 2.31. The molecule has 0 radical (unpaired) electrons. The van der Waals surface area contributed by atoms with E-state index in [0.717, 1.165) is 22.4 Å². The minimum atomic E-state index is -1.89. The molecule has 0 aromatic heterocycles. The molecule has 0 fully saturated rings. The lowest BCUT2D eigenvalue weighted by atomic mass is 9.72. The molecule has 2 atom stereocenters. The Kier molecular flexibility index (Phi) is 6.65. The van der Waals surface area contributed by atoms with E-state index in [1.54, 1.807) is 26.0 Å². The first-order valence-electron chi connectivity index (χ1n) is 9.88. The van der Waals surface area contributed by atoms with Crippen molar-refractivity contribution < 1.29 is 24.2 Å². The van der Waals surface area contributed by atoms with Crippen molar-refractivity contribution >= 4 is 23.7 Å². The molecule has 3 rings (SSSR count). The molecule has 0 bridgehead atoms. The summed E-state index contributed by atoms with van der Waals surface area (Å²) in [5.74, 6) is -1.52. The van der Waals surface area contributed by atoms with Gasteiger partial charge in [0.15, 0.2) is 0 Å². The molecule has 0 aliphatic carbocycles. The number of ether oxygens (including phenoxy) is 2. The molecule has 2 unspecified atom stereocenters. The average molecular weight is 415 g/mol. The number of esters is 2. The van der Waals surface area contributed by atoms with Gasteiger partial charge >= 0.3 is 11.9 Å². The quantitative estimate of drug-likeness (QED) is 0.563. The monoisotopic (exact) mass is 414 g/mol. The number of hydrogen-bond acceptors (Lipinski definition) is 6. The number of carbonyl (C=O) groups excluding carboxylic acids is 2. The molecule has 1 aliphatic rings. The number of aryl methyl sites for hydroxylation is 1. The Morgan fingerprint density at radius 3 is 2.07 bits per heavy atom. The number of hydrogen-bond donors (Lipinski definition) is 1. The largest absolute Gasteiger partial charge is 0.465 e. The Labute approximate surface area is 175 Å². The molecule has 2 aromatic carbocycles. The first-order chi connectivity index (χ1) is 14.0. The maximum atomic E-state index is 13.3. The second-order valence-electron chi connectivity index (χ2n) is 6.80. The van der Waals surface area contributed by atoms with E-state index < -0.39 is 28.7 Å². The Hall–Kier alpha value is -2.31. The van der Waals surface area contributed by atoms with Crippen LogP contribution in [0.5, 0.6) is 0 Å². The van der Waals surface area contributed by atoms with Gasteiger partial charge in [0.2, 0.25) is 5.41 Å². The lowest BCUT2D eigenvalue weighted by molar-refractivity contribution is -0.182. The summed E-state index contributed by atoms with van der Waals surface area (Å²) in [5.41, 5.74) is 0.476. The van der Waals surface area contributed by atoms with Crippen molar-refractivity contribution in [2.75, 3.05) is 13.2 Å². The minimum absolute atomic E-state index is 0.0984. The van der Waals surface area contributed by atoms with Gasteiger partial charge in [-0.15, -0.1) is 11.8 Å². The number of thioether (sulfide) groups is 1. The van der Waals surface area contributed by atoms with Gasteiger partial charge in [0.25, 0.3) is 0 Å². The molecule has 154 valence electrons. The zero-order valence-electron chi connectivity index (χ0n) is 16.9. The number of aliphatic hydroxyl groups excluding tert-OH is 1. The van der Waals surface area contributed by atoms with Crippen LogP contribution in [0.4, 0.5) is 0 Å². The molecule has 0 saturated carbocycles. The van der Waals surface area contributed by atoms with Crippen molar-refractivity contribution in [2.45, 2.75) is 43.4 Å². The number of fused-ring (bicyclic) bond motifs is 1. The van der Waals surface area contributed by atoms with Gasteiger partial charge in [0, 0.05) is 4.90 Å². The maximum Gasteiger partial charge on any atom is 0.328 e. The highest BCUT2D eigenvalue weighted by Crippen LogP contribution is 2.61. The predicted octanol–water partition coefficient (Wildman–Crippen LogP) is 4.24. The SMILES string of the molecule is CCOC(=O)C1(C(=O)OCC)C(O)c2ccccc2SC1c1ccccc1CC. The van der Waals surface area contributed by atoms with Crippen molar-refractivity contribution in [1.29, 1.82) is 0 Å². The fourth-order valence-electron chi connectivity index (χ4n) is 3.86. The van der Waals surface area contributed by atoms with Crippen LogP contribution in [-0.2, 0) is 25.5 Å². The van der Waals surface area contributed by atoms with E-state index in [2.05, 4.69) is 0 Å². The molecule has 0 amide bonds. The van der Waals surface area contributed by atoms with Crippen LogP contribution in [0.25, 0.3) is 0 Å². The van der Waals surface area contributed by atoms with Gasteiger partial charge in [-0.1, -0.05) is 49.4 Å². The third-order valence-corrected chi connectivity index (χ3v) is 6.74. The van der Waals surface area contributed by atoms with Gasteiger partial charge in [0.1, 0.15) is 6.10 Å². The van der Waals surface area contributed by atoms with Crippen molar-refractivity contribution in [3.63, 3.8) is 0 Å². The van der Waals surface area contributed by atoms with Crippen LogP contribution >= 0.6 is 11.8 Å². The summed E-state index contributed by atoms with van der Waals surface area (Å²) in [6, 6.07) is 15.0. The van der Waals surface area contributed by atoms with Gasteiger partial charge in [-0.25, -0.2) is 0 Å². The summed E-state index contributed by atoms with van der Waals surface area (Å²) in [7, 11) is 0. The van der Waals surface area contributed by atoms with Crippen LogP contribution in [0.15, 0.2) is 53.4 Å². The van der Waals surface area contributed by atoms with Crippen LogP contribution in [0.3, 0.4) is 0 Å². The summed E-state index contributed by atoms with van der Waals surface area (Å²) in [6.45, 7) is 5.58. The van der Waals surface area contributed by atoms with E-state index in [1.807, 2.05) is 43.3 Å². The van der Waals surface area contributed by atoms with E-state index in [0.29, 0.717) is 5.56 Å². The minimum Gasteiger partial charge on any atom is -0.465 e. The lowest BCUT2D eigenvalue weighted by Gasteiger charge is -2.44. The molecule has 0 spiro atoms. The van der Waals surface area contributed by atoms with Crippen LogP contribution in [0.2, 0.25) is 0 Å². The van der Waals surface area contributed by atoms with Gasteiger partial charge < -0.3 is 14.6 Å². The molecule has 1 N–H and O–H groups in total. The van der Waals surface area contributed by atoms with Gasteiger partial charge in [-0.2, -0.15) is 0 Å². The van der Waals surface area contributed by atoms with Crippen LogP contribution in [0, 0.1) is 5.41 Å². The third kappa shape index (κ3) is 3.55. The van der Waals surface area contributed by atoms with Gasteiger partial charge in [-0.3, -0.25) is 9.59 Å². The number of benzene rings is 2. The van der Waals surface area contributed by atoms with Gasteiger partial charge in [-0.05, 0) is 43.0 Å². The lowest BCUT2D eigenvalue weighted by Crippen LogP contribution is -2.52. The molecule has 1 heterocycles. The van der Waals surface area contributed by atoms with E-state index in [9.17, 15) is 14.7 Å². The summed E-state index contributed by atoms with van der Waals surface area (Å²) in [4.78, 5) is 27.5. The molecule has 29 heavy (non-hydrogen) atoms. The predicted molar refractivity (Wildman–Crippen MR) is 112 cm³/mol. The number of rotatable bonds is 6. The molecule has 0 saturated heterocycles. The Morgan fingerprint density at radius 1 is 0.931 bits per heavy atom. The zero-order valence-corrected chi connectivity index (χ0v) is 17.7. The summed E-state index contributed by atoms with van der Waals surface area (Å²) in [5, 5.41) is 10.8. The van der Waals surface area contributed by atoms with Crippen molar-refractivity contribution in [3.05, 3.63) is 65.2 Å². The standard InChI is InChI=1S/C23H26O5S/c1-4-15-11-7-8-12-16(15)20-23(21(25)27-5-2,22(26)28-6-3)19(24)17-13-9-10-14-18(17)29-20/h7-14,19-20,24H,4-6H2,1-3H3. The van der Waals surface area contributed by atoms with Crippen molar-refractivity contribution in [3.8, 4) is 0 Å². The summed E-state index contributed by atoms with van der Waals surface area (Å²) >= 11 is 1.40. The molecule has 1 aliphatic heterocycles. The topological polar surface area (TPSA) is 72.8 Å². The first kappa shape index (κ1) is 21.4. The molecule has 6 heteroatoms. The second kappa shape index (κ2) is 9.01. The highest BCUT2D eigenvalue weighted by molar-refractivity contribution is 7.99. The smallest absolute Gasteiger partial charge is 0.328 e. The fraction of sp³-hybridized carbons (Fsp3) is 0.391. The van der Waals surface area contributed by atoms with Crippen molar-refractivity contribution in [1.82, 2.24) is 0 Å². The number of carbonyl (C=O) groups is 2. The van der Waals surface area contributed by atoms with Crippen LogP contribution in [-0.4, -0.2) is 30.3 Å². The average Bonchev–Trinajstić information content (AvgIpc) is 2.74. The van der Waals surface area contributed by atoms with E-state index >= 15 is 0 Å². The fourth-order valence-corrected chi connectivity index (χ4v) is 5.46. The van der Waals surface area contributed by atoms with Crippen LogP contribution < -0.4 is 0 Å². The zero-order chi connectivity index (χ0) is 21.0.